The van der Waals surface area contributed by atoms with Gasteiger partial charge in [-0.25, -0.2) is 4.39 Å². The van der Waals surface area contributed by atoms with E-state index in [0.717, 1.165) is 158 Å². The van der Waals surface area contributed by atoms with Crippen LogP contribution in [0.5, 0.6) is 0 Å². The van der Waals surface area contributed by atoms with E-state index in [-0.39, 0.29) is 11.9 Å². The van der Waals surface area contributed by atoms with Gasteiger partial charge in [0.15, 0.2) is 0 Å². The minimum atomic E-state index is -0.476. The highest BCUT2D eigenvalue weighted by Gasteiger charge is 2.31. The molecular formula is C72H105FO4. The van der Waals surface area contributed by atoms with Crippen LogP contribution in [0.25, 0.3) is 6.08 Å². The van der Waals surface area contributed by atoms with Gasteiger partial charge in [0.2, 0.25) is 0 Å². The van der Waals surface area contributed by atoms with Gasteiger partial charge in [-0.1, -0.05) is 208 Å². The summed E-state index contributed by atoms with van der Waals surface area (Å²) in [6.07, 6.45) is 42.0. The van der Waals surface area contributed by atoms with Gasteiger partial charge in [0.1, 0.15) is 5.82 Å². The molecule has 2 unspecified atom stereocenters. The first-order valence-corrected chi connectivity index (χ1v) is 31.4. The average molecular weight is 1050 g/mol. The van der Waals surface area contributed by atoms with Crippen LogP contribution in [0.4, 0.5) is 4.39 Å². The Labute approximate surface area is 469 Å². The highest BCUT2D eigenvalue weighted by Crippen LogP contribution is 2.35. The quantitative estimate of drug-likeness (QED) is 0.0665. The van der Waals surface area contributed by atoms with Gasteiger partial charge in [0.05, 0.1) is 22.9 Å². The number of halogens is 1. The number of rotatable bonds is 20. The van der Waals surface area contributed by atoms with E-state index in [9.17, 15) is 24.8 Å². The van der Waals surface area contributed by atoms with Crippen LogP contribution < -0.4 is 0 Å². The van der Waals surface area contributed by atoms with E-state index < -0.39 is 16.8 Å². The zero-order valence-corrected chi connectivity index (χ0v) is 48.9. The summed E-state index contributed by atoms with van der Waals surface area (Å²) in [7, 11) is 0. The largest absolute Gasteiger partial charge is 0.393 e. The lowest BCUT2D eigenvalue weighted by Gasteiger charge is -2.32. The summed E-state index contributed by atoms with van der Waals surface area (Å²) in [5, 5.41) is 41.6. The molecule has 424 valence electrons. The van der Waals surface area contributed by atoms with Crippen molar-refractivity contribution in [3.63, 3.8) is 0 Å². The molecule has 0 heterocycles. The standard InChI is InChI=1S/C18H27FO.C18H28O.C18H26O.C18H24O/c1-2-3-7-16-14-15(8-9-17(16)19)10-13-18(20)11-5-4-6-12-18;1-2-3-7-15-8-6-9-16(14-15)12-13-17-10-4-5-11-18(17)19;2*1-2-3-8-16-9-7-10-17(15-16)11-14-18(19)12-5-4-6-13-18/h8-9,14,20H,2-7,10-13H2,1H3;6,8-9,14,17-19H,2-5,7,10-13H2,1H3;3,7-10,15,19H,2,4-6,11-14H2,1H3;7,9-10,15,19H,2,4-6,11-14H2,1H3/b;;8-3+;. The highest BCUT2D eigenvalue weighted by atomic mass is 19.1. The van der Waals surface area contributed by atoms with Gasteiger partial charge >= 0.3 is 0 Å². The number of benzene rings is 4. The van der Waals surface area contributed by atoms with Crippen LogP contribution in [0.2, 0.25) is 0 Å². The Balaban J connectivity index is 0.000000189. The smallest absolute Gasteiger partial charge is 0.126 e. The SMILES string of the molecule is CC/C=C/c1cccc(CCC2(O)CCCCC2)c1.CCC#Cc1cccc(CCC2(O)CCCCC2)c1.CCCCc1cc(CCC2(O)CCCCC2)ccc1F.CCCCc1cccc(CCC2CCCCC2O)c1. The molecular weight excluding hydrogens is 948 g/mol. The third-order valence-electron chi connectivity index (χ3n) is 17.2. The number of allylic oxidation sites excluding steroid dienone is 1. The second kappa shape index (κ2) is 35.5. The van der Waals surface area contributed by atoms with Crippen LogP contribution >= 0.6 is 0 Å². The summed E-state index contributed by atoms with van der Waals surface area (Å²) in [6, 6.07) is 31.6. The van der Waals surface area contributed by atoms with E-state index in [0.29, 0.717) is 5.92 Å². The molecule has 0 spiro atoms. The van der Waals surface area contributed by atoms with Crippen LogP contribution in [0.15, 0.2) is 97.1 Å². The zero-order valence-electron chi connectivity index (χ0n) is 48.9. The summed E-state index contributed by atoms with van der Waals surface area (Å²) < 4.78 is 13.7. The molecule has 2 atom stereocenters. The maximum Gasteiger partial charge on any atom is 0.126 e. The van der Waals surface area contributed by atoms with Gasteiger partial charge in [-0.15, -0.1) is 0 Å². The van der Waals surface area contributed by atoms with Crippen molar-refractivity contribution in [1.82, 2.24) is 0 Å². The molecule has 4 fully saturated rings. The number of unbranched alkanes of at least 4 members (excludes halogenated alkanes) is 2. The fraction of sp³-hybridized carbons (Fsp3) is 0.611. The van der Waals surface area contributed by atoms with Gasteiger partial charge in [0.25, 0.3) is 0 Å². The summed E-state index contributed by atoms with van der Waals surface area (Å²) >= 11 is 0. The van der Waals surface area contributed by atoms with Gasteiger partial charge < -0.3 is 20.4 Å². The Hall–Kier alpha value is -4.05. The lowest BCUT2D eigenvalue weighted by atomic mass is 9.81. The molecule has 4 aromatic rings. The van der Waals surface area contributed by atoms with E-state index in [4.69, 9.17) is 0 Å². The first-order chi connectivity index (χ1) is 37.4. The Bertz CT molecular complexity index is 2320. The van der Waals surface area contributed by atoms with E-state index in [2.05, 4.69) is 124 Å². The lowest BCUT2D eigenvalue weighted by molar-refractivity contribution is -0.00382. The number of aliphatic hydroxyl groups is 4. The third kappa shape index (κ3) is 24.9. The van der Waals surface area contributed by atoms with Gasteiger partial charge in [-0.05, 0) is 198 Å². The molecule has 4 nitrogen and oxygen atoms in total. The molecule has 0 aromatic heterocycles. The van der Waals surface area contributed by atoms with E-state index in [1.54, 1.807) is 6.07 Å². The van der Waals surface area contributed by atoms with Crippen molar-refractivity contribution < 1.29 is 24.8 Å². The zero-order chi connectivity index (χ0) is 55.0. The van der Waals surface area contributed by atoms with Crippen molar-refractivity contribution >= 4 is 6.08 Å². The maximum atomic E-state index is 13.7. The molecule has 4 saturated carbocycles. The Kier molecular flexibility index (Phi) is 29.4. The topological polar surface area (TPSA) is 80.9 Å². The summed E-state index contributed by atoms with van der Waals surface area (Å²) in [4.78, 5) is 0. The molecule has 0 radical (unpaired) electrons. The number of aryl methyl sites for hydroxylation is 6. The van der Waals surface area contributed by atoms with E-state index >= 15 is 0 Å². The molecule has 4 aliphatic carbocycles. The molecule has 0 bridgehead atoms. The average Bonchev–Trinajstić information content (AvgIpc) is 3.45. The van der Waals surface area contributed by atoms with Gasteiger partial charge in [0, 0.05) is 12.0 Å². The summed E-state index contributed by atoms with van der Waals surface area (Å²) in [6.45, 7) is 8.59. The van der Waals surface area contributed by atoms with Crippen molar-refractivity contribution in [2.24, 2.45) is 5.92 Å². The number of hydrogen-bond donors (Lipinski definition) is 4. The fourth-order valence-electron chi connectivity index (χ4n) is 12.2. The maximum absolute atomic E-state index is 13.7. The molecule has 0 aliphatic heterocycles. The van der Waals surface area contributed by atoms with Crippen molar-refractivity contribution in [1.29, 1.82) is 0 Å². The summed E-state index contributed by atoms with van der Waals surface area (Å²) in [5.41, 5.74) is 8.64. The second-order valence-corrected chi connectivity index (χ2v) is 23.9. The van der Waals surface area contributed by atoms with Crippen LogP contribution in [-0.4, -0.2) is 43.3 Å². The first-order valence-electron chi connectivity index (χ1n) is 31.4. The monoisotopic (exact) mass is 1050 g/mol. The molecule has 4 N–H and O–H groups in total. The fourth-order valence-corrected chi connectivity index (χ4v) is 12.2. The van der Waals surface area contributed by atoms with E-state index in [1.165, 1.54) is 111 Å². The minimum Gasteiger partial charge on any atom is -0.393 e. The Morgan fingerprint density at radius 1 is 0.519 bits per heavy atom. The van der Waals surface area contributed by atoms with Crippen molar-refractivity contribution in [3.8, 4) is 11.8 Å². The molecule has 4 aromatic carbocycles. The Morgan fingerprint density at radius 3 is 1.56 bits per heavy atom. The number of hydrogen-bond acceptors (Lipinski definition) is 4. The molecule has 4 aliphatic rings. The van der Waals surface area contributed by atoms with Gasteiger partial charge in [-0.3, -0.25) is 0 Å². The van der Waals surface area contributed by atoms with Crippen LogP contribution in [-0.2, 0) is 38.5 Å². The lowest BCUT2D eigenvalue weighted by Crippen LogP contribution is -2.31. The molecule has 77 heavy (non-hydrogen) atoms. The molecule has 8 rings (SSSR count). The van der Waals surface area contributed by atoms with Crippen LogP contribution in [0, 0.1) is 23.6 Å². The van der Waals surface area contributed by atoms with Crippen molar-refractivity contribution in [2.75, 3.05) is 0 Å². The summed E-state index contributed by atoms with van der Waals surface area (Å²) in [5.74, 6) is 6.73. The van der Waals surface area contributed by atoms with Gasteiger partial charge in [-0.2, -0.15) is 0 Å². The molecule has 0 amide bonds. The third-order valence-corrected chi connectivity index (χ3v) is 17.2. The van der Waals surface area contributed by atoms with E-state index in [1.807, 2.05) is 12.1 Å². The normalized spacial score (nSPS) is 19.5. The molecule has 0 saturated heterocycles. The molecule has 5 heteroatoms. The van der Waals surface area contributed by atoms with Crippen LogP contribution in [0.1, 0.15) is 258 Å². The predicted octanol–water partition coefficient (Wildman–Crippen LogP) is 18.1. The second-order valence-electron chi connectivity index (χ2n) is 23.9. The predicted molar refractivity (Wildman–Crippen MR) is 325 cm³/mol. The Morgan fingerprint density at radius 2 is 1.01 bits per heavy atom. The first kappa shape index (κ1) is 63.8. The van der Waals surface area contributed by atoms with Crippen LogP contribution in [0.3, 0.4) is 0 Å². The minimum absolute atomic E-state index is 0.0444. The highest BCUT2D eigenvalue weighted by molar-refractivity contribution is 5.50. The van der Waals surface area contributed by atoms with Crippen molar-refractivity contribution in [2.45, 2.75) is 275 Å². The number of aliphatic hydroxyl groups excluding tert-OH is 1. The van der Waals surface area contributed by atoms with Crippen molar-refractivity contribution in [3.05, 3.63) is 147 Å².